The first-order chi connectivity index (χ1) is 10.4. The molecule has 0 spiro atoms. The molecule has 0 aliphatic heterocycles. The molecule has 4 aliphatic carbocycles. The molecule has 4 aliphatic rings. The van der Waals surface area contributed by atoms with Crippen molar-refractivity contribution in [2.75, 3.05) is 0 Å². The minimum absolute atomic E-state index is 0.0925. The molecule has 122 valence electrons. The molecule has 7 atom stereocenters. The van der Waals surface area contributed by atoms with Crippen molar-refractivity contribution in [1.29, 1.82) is 0 Å². The molecule has 0 aromatic rings. The lowest BCUT2D eigenvalue weighted by molar-refractivity contribution is -0.136. The Morgan fingerprint density at radius 2 is 1.82 bits per heavy atom. The average Bonchev–Trinajstić information content (AvgIpc) is 2.72. The van der Waals surface area contributed by atoms with Crippen LogP contribution in [0.2, 0.25) is 0 Å². The molecule has 3 saturated carbocycles. The first kappa shape index (κ1) is 14.9. The fourth-order valence-corrected chi connectivity index (χ4v) is 6.43. The van der Waals surface area contributed by atoms with E-state index in [0.29, 0.717) is 24.2 Å². The van der Waals surface area contributed by atoms with Gasteiger partial charge in [-0.1, -0.05) is 25.5 Å². The van der Waals surface area contributed by atoms with Crippen LogP contribution in [0.15, 0.2) is 11.6 Å². The van der Waals surface area contributed by atoms with Crippen LogP contribution in [-0.4, -0.2) is 28.2 Å². The average molecular weight is 304 g/mol. The molecule has 4 rings (SSSR count). The summed E-state index contributed by atoms with van der Waals surface area (Å²) >= 11 is 0. The lowest BCUT2D eigenvalue weighted by atomic mass is 9.48. The molecule has 0 unspecified atom stereocenters. The highest BCUT2D eigenvalue weighted by Gasteiger charge is 2.60. The molecular weight excluding hydrogens is 276 g/mol. The molecule has 0 amide bonds. The molecule has 0 heterocycles. The maximum absolute atomic E-state index is 12.4. The number of allylic oxidation sites excluding steroid dienone is 1. The van der Waals surface area contributed by atoms with Gasteiger partial charge in [-0.3, -0.25) is 4.79 Å². The molecule has 22 heavy (non-hydrogen) atoms. The number of hydrogen-bond donors (Lipinski definition) is 2. The van der Waals surface area contributed by atoms with Gasteiger partial charge >= 0.3 is 0 Å². The van der Waals surface area contributed by atoms with Crippen LogP contribution in [0.25, 0.3) is 0 Å². The molecule has 0 saturated heterocycles. The van der Waals surface area contributed by atoms with Crippen molar-refractivity contribution in [2.45, 2.75) is 71.0 Å². The largest absolute Gasteiger partial charge is 0.393 e. The topological polar surface area (TPSA) is 57.5 Å². The first-order valence-corrected chi connectivity index (χ1v) is 8.96. The van der Waals surface area contributed by atoms with Crippen molar-refractivity contribution in [3.8, 4) is 0 Å². The van der Waals surface area contributed by atoms with Gasteiger partial charge in [-0.2, -0.15) is 0 Å². The van der Waals surface area contributed by atoms with Gasteiger partial charge in [0.25, 0.3) is 0 Å². The number of ketones is 1. The fraction of sp³-hybridized carbons (Fsp3) is 0.842. The van der Waals surface area contributed by atoms with Crippen LogP contribution in [-0.2, 0) is 4.79 Å². The van der Waals surface area contributed by atoms with Crippen LogP contribution in [0.3, 0.4) is 0 Å². The second kappa shape index (κ2) is 4.67. The zero-order valence-electron chi connectivity index (χ0n) is 13.7. The molecular formula is C19H28O3. The van der Waals surface area contributed by atoms with E-state index in [1.165, 1.54) is 5.57 Å². The van der Waals surface area contributed by atoms with Gasteiger partial charge in [-0.25, -0.2) is 0 Å². The Morgan fingerprint density at radius 3 is 2.59 bits per heavy atom. The molecule has 0 aromatic carbocycles. The number of hydrogen-bond acceptors (Lipinski definition) is 3. The maximum Gasteiger partial charge on any atom is 0.167 e. The second-order valence-corrected chi connectivity index (χ2v) is 8.73. The van der Waals surface area contributed by atoms with Crippen molar-refractivity contribution in [2.24, 2.45) is 28.6 Å². The summed E-state index contributed by atoms with van der Waals surface area (Å²) in [6, 6.07) is 0. The standard InChI is InChI=1S/C19H28O3/c1-18-7-5-12(20)9-11(18)3-4-13-14(18)6-8-19(2)15(13)10-16(21)17(19)22/h3,12-16,20-21H,4-10H2,1-2H3/t12-,13+,14-,15-,16-,18+,19+/m1/s1. The quantitative estimate of drug-likeness (QED) is 0.677. The number of carbonyl (C=O) groups is 1. The molecule has 3 fully saturated rings. The highest BCUT2D eigenvalue weighted by Crippen LogP contribution is 2.63. The van der Waals surface area contributed by atoms with Gasteiger partial charge in [0, 0.05) is 5.41 Å². The molecule has 0 radical (unpaired) electrons. The monoisotopic (exact) mass is 304 g/mol. The number of rotatable bonds is 0. The minimum Gasteiger partial charge on any atom is -0.393 e. The summed E-state index contributed by atoms with van der Waals surface area (Å²) in [4.78, 5) is 12.4. The van der Waals surface area contributed by atoms with Crippen LogP contribution in [0.1, 0.15) is 58.8 Å². The van der Waals surface area contributed by atoms with E-state index in [2.05, 4.69) is 19.9 Å². The zero-order valence-corrected chi connectivity index (χ0v) is 13.7. The molecule has 3 heteroatoms. The normalized spacial score (nSPS) is 54.3. The predicted octanol–water partition coefficient (Wildman–Crippen LogP) is 2.85. The zero-order chi connectivity index (χ0) is 15.7. The third kappa shape index (κ3) is 1.78. The minimum atomic E-state index is -0.736. The summed E-state index contributed by atoms with van der Waals surface area (Å²) in [5, 5.41) is 20.1. The molecule has 2 N–H and O–H groups in total. The Balaban J connectivity index is 1.70. The van der Waals surface area contributed by atoms with Gasteiger partial charge in [0.05, 0.1) is 6.10 Å². The smallest absolute Gasteiger partial charge is 0.167 e. The van der Waals surface area contributed by atoms with Crippen LogP contribution >= 0.6 is 0 Å². The second-order valence-electron chi connectivity index (χ2n) is 8.73. The Labute approximate surface area is 132 Å². The van der Waals surface area contributed by atoms with E-state index < -0.39 is 6.10 Å². The van der Waals surface area contributed by atoms with Gasteiger partial charge in [-0.05, 0) is 68.1 Å². The lowest BCUT2D eigenvalue weighted by Crippen LogP contribution is -2.50. The summed E-state index contributed by atoms with van der Waals surface area (Å²) in [6.07, 6.45) is 8.00. The van der Waals surface area contributed by atoms with Crippen molar-refractivity contribution in [3.05, 3.63) is 11.6 Å². The van der Waals surface area contributed by atoms with Gasteiger partial charge in [0.15, 0.2) is 5.78 Å². The van der Waals surface area contributed by atoms with Crippen LogP contribution in [0.5, 0.6) is 0 Å². The van der Waals surface area contributed by atoms with Crippen molar-refractivity contribution < 1.29 is 15.0 Å². The van der Waals surface area contributed by atoms with E-state index >= 15 is 0 Å². The van der Waals surface area contributed by atoms with Gasteiger partial charge < -0.3 is 10.2 Å². The van der Waals surface area contributed by atoms with E-state index in [1.807, 2.05) is 0 Å². The Hall–Kier alpha value is -0.670. The number of aliphatic hydroxyl groups is 2. The van der Waals surface area contributed by atoms with E-state index in [4.69, 9.17) is 0 Å². The summed E-state index contributed by atoms with van der Waals surface area (Å²) in [5.74, 6) is 1.59. The Morgan fingerprint density at radius 1 is 1.09 bits per heavy atom. The summed E-state index contributed by atoms with van der Waals surface area (Å²) < 4.78 is 0. The number of carbonyl (C=O) groups excluding carboxylic acids is 1. The van der Waals surface area contributed by atoms with Gasteiger partial charge in [0.2, 0.25) is 0 Å². The molecule has 0 aromatic heterocycles. The predicted molar refractivity (Wildman–Crippen MR) is 84.1 cm³/mol. The number of aliphatic hydroxyl groups excluding tert-OH is 2. The SMILES string of the molecule is C[C@]12CC[C@@H](O)CC1=CC[C@H]1[C@H]2CC[C@]2(C)C(=O)[C@H](O)C[C@H]12. The van der Waals surface area contributed by atoms with E-state index in [0.717, 1.165) is 38.5 Å². The fourth-order valence-electron chi connectivity index (χ4n) is 6.43. The summed E-state index contributed by atoms with van der Waals surface area (Å²) in [6.45, 7) is 4.48. The number of fused-ring (bicyclic) bond motifs is 5. The first-order valence-electron chi connectivity index (χ1n) is 8.96. The highest BCUT2D eigenvalue weighted by atomic mass is 16.3. The van der Waals surface area contributed by atoms with Crippen LogP contribution in [0.4, 0.5) is 0 Å². The van der Waals surface area contributed by atoms with E-state index in [1.54, 1.807) is 0 Å². The number of Topliss-reactive ketones (excluding diaryl/α,β-unsaturated/α-hetero) is 1. The lowest BCUT2D eigenvalue weighted by Gasteiger charge is -2.56. The van der Waals surface area contributed by atoms with Gasteiger partial charge in [-0.15, -0.1) is 0 Å². The van der Waals surface area contributed by atoms with E-state index in [9.17, 15) is 15.0 Å². The van der Waals surface area contributed by atoms with Crippen molar-refractivity contribution >= 4 is 5.78 Å². The summed E-state index contributed by atoms with van der Waals surface area (Å²) in [7, 11) is 0. The van der Waals surface area contributed by atoms with Crippen LogP contribution in [0, 0.1) is 28.6 Å². The summed E-state index contributed by atoms with van der Waals surface area (Å²) in [5.41, 5.74) is 1.37. The third-order valence-corrected chi connectivity index (χ3v) is 7.81. The Kier molecular flexibility index (Phi) is 3.16. The van der Waals surface area contributed by atoms with Crippen molar-refractivity contribution in [3.63, 3.8) is 0 Å². The molecule has 0 bridgehead atoms. The molecule has 3 nitrogen and oxygen atoms in total. The van der Waals surface area contributed by atoms with E-state index in [-0.39, 0.29) is 22.7 Å². The van der Waals surface area contributed by atoms with Crippen LogP contribution < -0.4 is 0 Å². The Bertz CT molecular complexity index is 539. The third-order valence-electron chi connectivity index (χ3n) is 7.81. The van der Waals surface area contributed by atoms with Gasteiger partial charge in [0.1, 0.15) is 6.10 Å². The van der Waals surface area contributed by atoms with Crippen molar-refractivity contribution in [1.82, 2.24) is 0 Å². The highest BCUT2D eigenvalue weighted by molar-refractivity contribution is 5.91. The maximum atomic E-state index is 12.4.